The van der Waals surface area contributed by atoms with Crippen LogP contribution < -0.4 is 5.32 Å². The van der Waals surface area contributed by atoms with E-state index < -0.39 is 0 Å². The number of nitrogens with one attached hydrogen (secondary N) is 1. The predicted octanol–water partition coefficient (Wildman–Crippen LogP) is 2.24. The lowest BCUT2D eigenvalue weighted by molar-refractivity contribution is -0.0695. The molecule has 0 bridgehead atoms. The van der Waals surface area contributed by atoms with Crippen molar-refractivity contribution in [3.63, 3.8) is 0 Å². The molecule has 2 heterocycles. The highest BCUT2D eigenvalue weighted by molar-refractivity contribution is 5.30. The molecule has 3 rings (SSSR count). The summed E-state index contributed by atoms with van der Waals surface area (Å²) in [6.45, 7) is 2.41. The zero-order chi connectivity index (χ0) is 11.7. The summed E-state index contributed by atoms with van der Waals surface area (Å²) in [4.78, 5) is 0. The van der Waals surface area contributed by atoms with Crippen LogP contribution in [0, 0.1) is 5.82 Å². The van der Waals surface area contributed by atoms with Gasteiger partial charge in [-0.15, -0.1) is 0 Å². The molecule has 2 fully saturated rings. The highest BCUT2D eigenvalue weighted by Crippen LogP contribution is 2.39. The first-order valence-electron chi connectivity index (χ1n) is 6.36. The van der Waals surface area contributed by atoms with Crippen molar-refractivity contribution in [3.05, 3.63) is 35.6 Å². The van der Waals surface area contributed by atoms with Crippen LogP contribution in [0.2, 0.25) is 0 Å². The van der Waals surface area contributed by atoms with Crippen LogP contribution in [0.25, 0.3) is 0 Å². The van der Waals surface area contributed by atoms with Crippen molar-refractivity contribution < 1.29 is 9.13 Å². The first-order valence-corrected chi connectivity index (χ1v) is 6.36. The fourth-order valence-electron chi connectivity index (χ4n) is 3.03. The Hall–Kier alpha value is -0.930. The van der Waals surface area contributed by atoms with Gasteiger partial charge in [-0.25, -0.2) is 4.39 Å². The second-order valence-electron chi connectivity index (χ2n) is 5.25. The van der Waals surface area contributed by atoms with E-state index in [1.54, 1.807) is 12.1 Å². The average Bonchev–Trinajstić information content (AvgIpc) is 2.77. The third kappa shape index (κ3) is 1.98. The summed E-state index contributed by atoms with van der Waals surface area (Å²) in [6, 6.07) is 7.66. The minimum Gasteiger partial charge on any atom is -0.379 e. The van der Waals surface area contributed by atoms with Gasteiger partial charge >= 0.3 is 0 Å². The quantitative estimate of drug-likeness (QED) is 0.867. The van der Waals surface area contributed by atoms with Crippen LogP contribution in [0.1, 0.15) is 24.8 Å². The fraction of sp³-hybridized carbons (Fsp3) is 0.571. The summed E-state index contributed by atoms with van der Waals surface area (Å²) in [7, 11) is 0. The highest BCUT2D eigenvalue weighted by atomic mass is 19.1. The van der Waals surface area contributed by atoms with E-state index in [4.69, 9.17) is 4.74 Å². The molecule has 17 heavy (non-hydrogen) atoms. The van der Waals surface area contributed by atoms with Crippen molar-refractivity contribution in [2.45, 2.75) is 30.7 Å². The number of rotatable bonds is 3. The van der Waals surface area contributed by atoms with Gasteiger partial charge in [0.15, 0.2) is 0 Å². The van der Waals surface area contributed by atoms with Gasteiger partial charge < -0.3 is 10.1 Å². The Morgan fingerprint density at radius 3 is 2.76 bits per heavy atom. The van der Waals surface area contributed by atoms with E-state index in [1.807, 2.05) is 12.1 Å². The minimum absolute atomic E-state index is 0.0891. The Bertz CT molecular complexity index is 397. The number of hydrogen-bond donors (Lipinski definition) is 1. The molecule has 0 radical (unpaired) electrons. The smallest absolute Gasteiger partial charge is 0.127 e. The maximum Gasteiger partial charge on any atom is 0.127 e. The lowest BCUT2D eigenvalue weighted by Crippen LogP contribution is -2.50. The Morgan fingerprint density at radius 1 is 1.35 bits per heavy atom. The number of halogens is 1. The first kappa shape index (κ1) is 11.2. The van der Waals surface area contributed by atoms with E-state index >= 15 is 0 Å². The van der Waals surface area contributed by atoms with Crippen molar-refractivity contribution in [1.29, 1.82) is 0 Å². The lowest BCUT2D eigenvalue weighted by atomic mass is 9.73. The summed E-state index contributed by atoms with van der Waals surface area (Å²) in [5.41, 5.74) is 0.743. The minimum atomic E-state index is -0.0899. The van der Waals surface area contributed by atoms with Gasteiger partial charge in [0.2, 0.25) is 0 Å². The monoisotopic (exact) mass is 235 g/mol. The maximum atomic E-state index is 13.9. The Morgan fingerprint density at radius 2 is 2.18 bits per heavy atom. The van der Waals surface area contributed by atoms with E-state index in [0.717, 1.165) is 18.5 Å². The molecule has 2 aliphatic heterocycles. The summed E-state index contributed by atoms with van der Waals surface area (Å²) in [5, 5.41) is 3.49. The van der Waals surface area contributed by atoms with Gasteiger partial charge in [-0.05, 0) is 37.4 Å². The lowest BCUT2D eigenvalue weighted by Gasteiger charge is -2.43. The van der Waals surface area contributed by atoms with Gasteiger partial charge in [-0.3, -0.25) is 0 Å². The summed E-state index contributed by atoms with van der Waals surface area (Å²) < 4.78 is 19.3. The molecule has 0 aliphatic carbocycles. The topological polar surface area (TPSA) is 21.3 Å². The van der Waals surface area contributed by atoms with Gasteiger partial charge in [0.05, 0.1) is 13.2 Å². The van der Waals surface area contributed by atoms with Crippen LogP contribution in [0.4, 0.5) is 4.39 Å². The van der Waals surface area contributed by atoms with Crippen LogP contribution in [-0.2, 0) is 10.2 Å². The van der Waals surface area contributed by atoms with E-state index in [9.17, 15) is 4.39 Å². The van der Waals surface area contributed by atoms with Gasteiger partial charge in [0.25, 0.3) is 0 Å². The summed E-state index contributed by atoms with van der Waals surface area (Å²) in [5.74, 6) is -0.0891. The van der Waals surface area contributed by atoms with E-state index in [0.29, 0.717) is 19.3 Å². The number of ether oxygens (including phenoxy) is 1. The fourth-order valence-corrected chi connectivity index (χ4v) is 3.03. The van der Waals surface area contributed by atoms with Gasteiger partial charge in [-0.1, -0.05) is 18.2 Å². The Balaban J connectivity index is 1.83. The van der Waals surface area contributed by atoms with Crippen LogP contribution in [0.5, 0.6) is 0 Å². The highest BCUT2D eigenvalue weighted by Gasteiger charge is 2.43. The molecular weight excluding hydrogens is 217 g/mol. The SMILES string of the molecule is Fc1ccccc1C1(CC2CCCN2)COC1. The van der Waals surface area contributed by atoms with Crippen molar-refractivity contribution >= 4 is 0 Å². The molecule has 1 aromatic carbocycles. The summed E-state index contributed by atoms with van der Waals surface area (Å²) >= 11 is 0. The van der Waals surface area contributed by atoms with Crippen LogP contribution >= 0.6 is 0 Å². The van der Waals surface area contributed by atoms with E-state index in [1.165, 1.54) is 12.8 Å². The molecule has 92 valence electrons. The molecular formula is C14H18FNO. The number of hydrogen-bond acceptors (Lipinski definition) is 2. The molecule has 0 aromatic heterocycles. The molecule has 1 N–H and O–H groups in total. The second-order valence-corrected chi connectivity index (χ2v) is 5.25. The number of benzene rings is 1. The molecule has 2 aliphatic rings. The summed E-state index contributed by atoms with van der Waals surface area (Å²) in [6.07, 6.45) is 3.43. The van der Waals surface area contributed by atoms with E-state index in [-0.39, 0.29) is 11.2 Å². The van der Waals surface area contributed by atoms with E-state index in [2.05, 4.69) is 5.32 Å². The molecule has 2 nitrogen and oxygen atoms in total. The molecule has 3 heteroatoms. The predicted molar refractivity (Wildman–Crippen MR) is 64.5 cm³/mol. The zero-order valence-electron chi connectivity index (χ0n) is 9.92. The van der Waals surface area contributed by atoms with Crippen LogP contribution in [-0.4, -0.2) is 25.8 Å². The Labute approximate surface area is 101 Å². The molecule has 0 saturated carbocycles. The normalized spacial score (nSPS) is 26.8. The Kier molecular flexibility index (Phi) is 2.89. The molecule has 1 atom stereocenters. The maximum absolute atomic E-state index is 13.9. The van der Waals surface area contributed by atoms with Crippen molar-refractivity contribution in [2.24, 2.45) is 0 Å². The van der Waals surface area contributed by atoms with Crippen molar-refractivity contribution in [2.75, 3.05) is 19.8 Å². The molecule has 1 aromatic rings. The molecule has 0 spiro atoms. The largest absolute Gasteiger partial charge is 0.379 e. The van der Waals surface area contributed by atoms with Crippen LogP contribution in [0.3, 0.4) is 0 Å². The molecule has 0 amide bonds. The zero-order valence-corrected chi connectivity index (χ0v) is 9.92. The third-order valence-corrected chi connectivity index (χ3v) is 4.00. The third-order valence-electron chi connectivity index (χ3n) is 4.00. The molecule has 2 saturated heterocycles. The van der Waals surface area contributed by atoms with Crippen molar-refractivity contribution in [1.82, 2.24) is 5.32 Å². The van der Waals surface area contributed by atoms with Gasteiger partial charge in [0, 0.05) is 11.5 Å². The standard InChI is InChI=1S/C14H18FNO/c15-13-6-2-1-5-12(13)14(9-17-10-14)8-11-4-3-7-16-11/h1-2,5-6,11,16H,3-4,7-10H2. The first-order chi connectivity index (χ1) is 8.30. The van der Waals surface area contributed by atoms with Crippen LogP contribution in [0.15, 0.2) is 24.3 Å². The van der Waals surface area contributed by atoms with Crippen molar-refractivity contribution in [3.8, 4) is 0 Å². The average molecular weight is 235 g/mol. The van der Waals surface area contributed by atoms with Gasteiger partial charge in [-0.2, -0.15) is 0 Å². The van der Waals surface area contributed by atoms with Gasteiger partial charge in [0.1, 0.15) is 5.82 Å². The second kappa shape index (κ2) is 4.39. The molecule has 1 unspecified atom stereocenters.